The molecule has 1 N–H and O–H groups in total. The minimum absolute atomic E-state index is 0.0704. The van der Waals surface area contributed by atoms with E-state index in [2.05, 4.69) is 4.98 Å². The van der Waals surface area contributed by atoms with Gasteiger partial charge in [-0.1, -0.05) is 22.9 Å². The number of carbonyl (C=O) groups is 1. The maximum Gasteiger partial charge on any atom is 0.349 e. The molecule has 2 heterocycles. The Labute approximate surface area is 114 Å². The van der Waals surface area contributed by atoms with Gasteiger partial charge in [-0.2, -0.15) is 0 Å². The van der Waals surface area contributed by atoms with E-state index in [9.17, 15) is 4.79 Å². The Hall–Kier alpha value is -0.850. The van der Waals surface area contributed by atoms with Gasteiger partial charge in [0.05, 0.1) is 6.10 Å². The van der Waals surface area contributed by atoms with Crippen LogP contribution in [-0.2, 0) is 4.74 Å². The fraction of sp³-hybridized carbons (Fsp3) is 0.636. The first-order chi connectivity index (χ1) is 8.61. The van der Waals surface area contributed by atoms with E-state index in [1.165, 1.54) is 0 Å². The summed E-state index contributed by atoms with van der Waals surface area (Å²) in [7, 11) is 0. The summed E-state index contributed by atoms with van der Waals surface area (Å²) in [6, 6.07) is 0. The zero-order valence-corrected chi connectivity index (χ0v) is 11.6. The van der Waals surface area contributed by atoms with Crippen molar-refractivity contribution in [2.45, 2.75) is 25.9 Å². The minimum Gasteiger partial charge on any atom is -0.477 e. The van der Waals surface area contributed by atoms with Gasteiger partial charge in [0.25, 0.3) is 0 Å². The highest BCUT2D eigenvalue weighted by atomic mass is 35.5. The molecule has 0 radical (unpaired) electrons. The van der Waals surface area contributed by atoms with Crippen LogP contribution in [0.1, 0.15) is 29.4 Å². The SMILES string of the molecule is CCOC1CCCN(c2nc(Cl)c(C(=O)O)s2)C1. The van der Waals surface area contributed by atoms with E-state index >= 15 is 0 Å². The van der Waals surface area contributed by atoms with Crippen LogP contribution in [0.25, 0.3) is 0 Å². The Morgan fingerprint density at radius 3 is 3.11 bits per heavy atom. The van der Waals surface area contributed by atoms with E-state index in [1.54, 1.807) is 0 Å². The van der Waals surface area contributed by atoms with E-state index < -0.39 is 5.97 Å². The number of nitrogens with zero attached hydrogens (tertiary/aromatic N) is 2. The monoisotopic (exact) mass is 290 g/mol. The van der Waals surface area contributed by atoms with Crippen LogP contribution in [0.15, 0.2) is 0 Å². The number of halogens is 1. The molecular weight excluding hydrogens is 276 g/mol. The molecule has 0 aromatic carbocycles. The van der Waals surface area contributed by atoms with Crippen LogP contribution in [0.2, 0.25) is 5.15 Å². The molecule has 0 saturated carbocycles. The van der Waals surface area contributed by atoms with Crippen LogP contribution in [0.5, 0.6) is 0 Å². The van der Waals surface area contributed by atoms with Crippen molar-refractivity contribution in [2.75, 3.05) is 24.6 Å². The Kier molecular flexibility index (Phi) is 4.42. The summed E-state index contributed by atoms with van der Waals surface area (Å²) in [5.74, 6) is -1.03. The average Bonchev–Trinajstić information content (AvgIpc) is 2.72. The molecule has 18 heavy (non-hydrogen) atoms. The smallest absolute Gasteiger partial charge is 0.349 e. The molecule has 1 unspecified atom stereocenters. The van der Waals surface area contributed by atoms with E-state index in [-0.39, 0.29) is 16.1 Å². The summed E-state index contributed by atoms with van der Waals surface area (Å²) in [6.45, 7) is 4.28. The Bertz CT molecular complexity index is 436. The summed E-state index contributed by atoms with van der Waals surface area (Å²) in [5, 5.41) is 9.70. The molecule has 2 rings (SSSR count). The first-order valence-electron chi connectivity index (χ1n) is 5.88. The summed E-state index contributed by atoms with van der Waals surface area (Å²) >= 11 is 6.94. The Balaban J connectivity index is 2.11. The lowest BCUT2D eigenvalue weighted by atomic mass is 10.1. The van der Waals surface area contributed by atoms with Gasteiger partial charge >= 0.3 is 5.97 Å². The number of hydrogen-bond donors (Lipinski definition) is 1. The summed E-state index contributed by atoms with van der Waals surface area (Å²) < 4.78 is 5.60. The largest absolute Gasteiger partial charge is 0.477 e. The van der Waals surface area contributed by atoms with Crippen molar-refractivity contribution >= 4 is 34.0 Å². The van der Waals surface area contributed by atoms with Crippen molar-refractivity contribution in [2.24, 2.45) is 0 Å². The fourth-order valence-corrected chi connectivity index (χ4v) is 3.20. The highest BCUT2D eigenvalue weighted by Crippen LogP contribution is 2.31. The number of carboxylic acid groups (broad SMARTS) is 1. The lowest BCUT2D eigenvalue weighted by Crippen LogP contribution is -2.39. The first kappa shape index (κ1) is 13.6. The van der Waals surface area contributed by atoms with Crippen molar-refractivity contribution in [1.82, 2.24) is 4.98 Å². The number of rotatable bonds is 4. The zero-order valence-electron chi connectivity index (χ0n) is 10.1. The number of thiazole rings is 1. The molecule has 1 saturated heterocycles. The van der Waals surface area contributed by atoms with Gasteiger partial charge in [0.1, 0.15) is 0 Å². The molecule has 0 spiro atoms. The van der Waals surface area contributed by atoms with Crippen molar-refractivity contribution < 1.29 is 14.6 Å². The predicted molar refractivity (Wildman–Crippen MR) is 70.9 cm³/mol. The molecule has 1 fully saturated rings. The van der Waals surface area contributed by atoms with Crippen molar-refractivity contribution in [3.63, 3.8) is 0 Å². The van der Waals surface area contributed by atoms with Crippen LogP contribution in [-0.4, -0.2) is 41.9 Å². The van der Waals surface area contributed by atoms with Crippen molar-refractivity contribution in [3.05, 3.63) is 10.0 Å². The standard InChI is InChI=1S/C11H15ClN2O3S/c1-2-17-7-4-3-5-14(6-7)11-13-9(12)8(18-11)10(15)16/h7H,2-6H2,1H3,(H,15,16). The Morgan fingerprint density at radius 2 is 2.50 bits per heavy atom. The zero-order chi connectivity index (χ0) is 13.1. The molecule has 7 heteroatoms. The number of anilines is 1. The minimum atomic E-state index is -1.03. The molecule has 0 bridgehead atoms. The van der Waals surface area contributed by atoms with Gasteiger partial charge in [0, 0.05) is 19.7 Å². The third kappa shape index (κ3) is 2.93. The summed E-state index contributed by atoms with van der Waals surface area (Å²) in [4.78, 5) is 17.2. The second kappa shape index (κ2) is 5.86. The third-order valence-corrected chi connectivity index (χ3v) is 4.31. The van der Waals surface area contributed by atoms with E-state index in [4.69, 9.17) is 21.4 Å². The maximum absolute atomic E-state index is 10.9. The second-order valence-electron chi connectivity index (χ2n) is 4.09. The second-order valence-corrected chi connectivity index (χ2v) is 5.42. The molecule has 0 aliphatic carbocycles. The van der Waals surface area contributed by atoms with Crippen LogP contribution in [0.4, 0.5) is 5.13 Å². The molecule has 1 aromatic heterocycles. The maximum atomic E-state index is 10.9. The lowest BCUT2D eigenvalue weighted by molar-refractivity contribution is 0.0526. The average molecular weight is 291 g/mol. The molecule has 1 atom stereocenters. The highest BCUT2D eigenvalue weighted by Gasteiger charge is 2.25. The predicted octanol–water partition coefficient (Wildman–Crippen LogP) is 2.50. The van der Waals surface area contributed by atoms with Gasteiger partial charge in [-0.3, -0.25) is 0 Å². The van der Waals surface area contributed by atoms with Gasteiger partial charge in [0.2, 0.25) is 0 Å². The van der Waals surface area contributed by atoms with Gasteiger partial charge in [-0.15, -0.1) is 0 Å². The molecule has 1 aromatic rings. The summed E-state index contributed by atoms with van der Waals surface area (Å²) in [6.07, 6.45) is 2.25. The number of ether oxygens (including phenoxy) is 1. The molecule has 0 amide bonds. The molecule has 1 aliphatic rings. The molecule has 5 nitrogen and oxygen atoms in total. The lowest BCUT2D eigenvalue weighted by Gasteiger charge is -2.32. The molecule has 1 aliphatic heterocycles. The third-order valence-electron chi connectivity index (χ3n) is 2.82. The number of carboxylic acids is 1. The Morgan fingerprint density at radius 1 is 1.72 bits per heavy atom. The van der Waals surface area contributed by atoms with Crippen molar-refractivity contribution in [1.29, 1.82) is 0 Å². The van der Waals surface area contributed by atoms with Crippen LogP contribution in [0.3, 0.4) is 0 Å². The highest BCUT2D eigenvalue weighted by molar-refractivity contribution is 7.18. The number of aromatic nitrogens is 1. The fourth-order valence-electron chi connectivity index (χ4n) is 2.04. The van der Waals surface area contributed by atoms with Crippen molar-refractivity contribution in [3.8, 4) is 0 Å². The number of aromatic carboxylic acids is 1. The molecule has 100 valence electrons. The topological polar surface area (TPSA) is 62.7 Å². The van der Waals surface area contributed by atoms with Crippen LogP contribution >= 0.6 is 22.9 Å². The number of piperidine rings is 1. The van der Waals surface area contributed by atoms with E-state index in [1.807, 2.05) is 11.8 Å². The molecular formula is C11H15ClN2O3S. The number of hydrogen-bond acceptors (Lipinski definition) is 5. The first-order valence-corrected chi connectivity index (χ1v) is 7.07. The van der Waals surface area contributed by atoms with Crippen LogP contribution < -0.4 is 4.90 Å². The summed E-state index contributed by atoms with van der Waals surface area (Å²) in [5.41, 5.74) is 0. The van der Waals surface area contributed by atoms with Gasteiger partial charge in [0.15, 0.2) is 15.2 Å². The van der Waals surface area contributed by atoms with Gasteiger partial charge in [-0.25, -0.2) is 9.78 Å². The van der Waals surface area contributed by atoms with E-state index in [0.717, 1.165) is 37.3 Å². The van der Waals surface area contributed by atoms with Crippen LogP contribution in [0, 0.1) is 0 Å². The normalized spacial score (nSPS) is 20.1. The quantitative estimate of drug-likeness (QED) is 0.923. The van der Waals surface area contributed by atoms with Gasteiger partial charge < -0.3 is 14.7 Å². The van der Waals surface area contributed by atoms with E-state index in [0.29, 0.717) is 11.7 Å². The van der Waals surface area contributed by atoms with Gasteiger partial charge in [-0.05, 0) is 19.8 Å².